The smallest absolute Gasteiger partial charge is 0.408 e. The van der Waals surface area contributed by atoms with Crippen molar-refractivity contribution in [2.24, 2.45) is 5.41 Å². The molecule has 1 amide bonds. The van der Waals surface area contributed by atoms with E-state index in [-0.39, 0.29) is 12.5 Å². The maximum Gasteiger partial charge on any atom is 0.417 e. The first kappa shape index (κ1) is 12.0. The number of anilines is 1. The molecule has 100 valence electrons. The summed E-state index contributed by atoms with van der Waals surface area (Å²) in [7, 11) is 1.66. The first-order valence-electron chi connectivity index (χ1n) is 6.08. The molecule has 6 heteroatoms. The third kappa shape index (κ3) is 1.84. The highest BCUT2D eigenvalue weighted by atomic mass is 16.4. The van der Waals surface area contributed by atoms with E-state index < -0.39 is 11.2 Å². The van der Waals surface area contributed by atoms with E-state index >= 15 is 0 Å². The standard InChI is InChI=1S/C13H14N2O4/c1-15(11(17)13(7-16)4-5-13)8-2-3-9-10(6-8)19-12(18)14-9/h2-3,6,16H,4-5,7H2,1H3,(H,14,18). The second-order valence-corrected chi connectivity index (χ2v) is 5.00. The summed E-state index contributed by atoms with van der Waals surface area (Å²) >= 11 is 0. The quantitative estimate of drug-likeness (QED) is 0.858. The highest BCUT2D eigenvalue weighted by Crippen LogP contribution is 2.47. The summed E-state index contributed by atoms with van der Waals surface area (Å²) in [6.07, 6.45) is 1.43. The highest BCUT2D eigenvalue weighted by molar-refractivity contribution is 6.00. The Morgan fingerprint density at radius 1 is 1.53 bits per heavy atom. The predicted octanol–water partition coefficient (Wildman–Crippen LogP) is 0.856. The highest BCUT2D eigenvalue weighted by Gasteiger charge is 2.50. The van der Waals surface area contributed by atoms with Crippen LogP contribution in [0.1, 0.15) is 12.8 Å². The first-order chi connectivity index (χ1) is 9.05. The van der Waals surface area contributed by atoms with E-state index in [1.165, 1.54) is 4.90 Å². The van der Waals surface area contributed by atoms with E-state index in [1.54, 1.807) is 25.2 Å². The topological polar surface area (TPSA) is 86.5 Å². The fourth-order valence-electron chi connectivity index (χ4n) is 2.21. The van der Waals surface area contributed by atoms with Gasteiger partial charge in [-0.3, -0.25) is 9.78 Å². The van der Waals surface area contributed by atoms with Gasteiger partial charge in [0.25, 0.3) is 0 Å². The maximum atomic E-state index is 12.3. The van der Waals surface area contributed by atoms with Crippen molar-refractivity contribution < 1.29 is 14.3 Å². The number of benzene rings is 1. The summed E-state index contributed by atoms with van der Waals surface area (Å²) in [5, 5.41) is 9.29. The zero-order valence-corrected chi connectivity index (χ0v) is 10.5. The van der Waals surface area contributed by atoms with Gasteiger partial charge in [0.15, 0.2) is 5.58 Å². The van der Waals surface area contributed by atoms with Crippen LogP contribution < -0.4 is 10.7 Å². The molecule has 3 rings (SSSR count). The van der Waals surface area contributed by atoms with E-state index in [2.05, 4.69) is 4.98 Å². The number of aliphatic hydroxyl groups excluding tert-OH is 1. The average molecular weight is 262 g/mol. The third-order valence-corrected chi connectivity index (χ3v) is 3.71. The average Bonchev–Trinajstić information content (AvgIpc) is 3.12. The van der Waals surface area contributed by atoms with Crippen LogP contribution in [0, 0.1) is 5.41 Å². The maximum absolute atomic E-state index is 12.3. The van der Waals surface area contributed by atoms with Gasteiger partial charge in [-0.2, -0.15) is 0 Å². The molecule has 2 N–H and O–H groups in total. The number of carbonyl (C=O) groups excluding carboxylic acids is 1. The first-order valence-corrected chi connectivity index (χ1v) is 6.08. The van der Waals surface area contributed by atoms with Crippen molar-refractivity contribution >= 4 is 22.7 Å². The normalized spacial score (nSPS) is 16.5. The van der Waals surface area contributed by atoms with Crippen molar-refractivity contribution in [3.05, 3.63) is 28.7 Å². The van der Waals surface area contributed by atoms with E-state index in [9.17, 15) is 14.7 Å². The number of H-pyrrole nitrogens is 1. The number of amides is 1. The fraction of sp³-hybridized carbons (Fsp3) is 0.385. The van der Waals surface area contributed by atoms with Crippen LogP contribution in [0.25, 0.3) is 11.1 Å². The van der Waals surface area contributed by atoms with E-state index in [0.717, 1.165) is 0 Å². The molecule has 1 fully saturated rings. The van der Waals surface area contributed by atoms with Crippen LogP contribution >= 0.6 is 0 Å². The van der Waals surface area contributed by atoms with Crippen molar-refractivity contribution in [2.75, 3.05) is 18.6 Å². The van der Waals surface area contributed by atoms with Crippen LogP contribution in [0.3, 0.4) is 0 Å². The molecule has 1 aliphatic carbocycles. The number of oxazole rings is 1. The molecule has 0 aliphatic heterocycles. The van der Waals surface area contributed by atoms with Gasteiger partial charge < -0.3 is 14.4 Å². The Hall–Kier alpha value is -2.08. The lowest BCUT2D eigenvalue weighted by atomic mass is 10.1. The molecule has 0 bridgehead atoms. The van der Waals surface area contributed by atoms with Gasteiger partial charge in [0.1, 0.15) is 0 Å². The number of aliphatic hydroxyl groups is 1. The van der Waals surface area contributed by atoms with Crippen LogP contribution in [0.15, 0.2) is 27.4 Å². The number of hydrogen-bond acceptors (Lipinski definition) is 4. The molecular weight excluding hydrogens is 248 g/mol. The largest absolute Gasteiger partial charge is 0.417 e. The third-order valence-electron chi connectivity index (χ3n) is 3.71. The summed E-state index contributed by atoms with van der Waals surface area (Å²) in [5.74, 6) is -0.623. The number of rotatable bonds is 3. The number of carbonyl (C=O) groups is 1. The van der Waals surface area contributed by atoms with Gasteiger partial charge in [0, 0.05) is 18.8 Å². The molecule has 1 aliphatic rings. The van der Waals surface area contributed by atoms with Crippen molar-refractivity contribution in [1.29, 1.82) is 0 Å². The van der Waals surface area contributed by atoms with Gasteiger partial charge in [-0.15, -0.1) is 0 Å². The van der Waals surface area contributed by atoms with Crippen molar-refractivity contribution in [3.8, 4) is 0 Å². The van der Waals surface area contributed by atoms with Crippen LogP contribution in [-0.4, -0.2) is 29.7 Å². The van der Waals surface area contributed by atoms with Crippen LogP contribution in [-0.2, 0) is 4.79 Å². The molecule has 1 aromatic heterocycles. The van der Waals surface area contributed by atoms with Gasteiger partial charge in [-0.05, 0) is 25.0 Å². The fourth-order valence-corrected chi connectivity index (χ4v) is 2.21. The number of hydrogen-bond donors (Lipinski definition) is 2. The lowest BCUT2D eigenvalue weighted by Gasteiger charge is -2.22. The summed E-state index contributed by atoms with van der Waals surface area (Å²) in [6.45, 7) is -0.127. The Labute approximate surface area is 108 Å². The molecule has 0 saturated heterocycles. The molecule has 1 heterocycles. The Kier molecular flexibility index (Phi) is 2.50. The van der Waals surface area contributed by atoms with Crippen molar-refractivity contribution in [2.45, 2.75) is 12.8 Å². The SMILES string of the molecule is CN(C(=O)C1(CO)CC1)c1ccc2[nH]c(=O)oc2c1. The molecule has 2 aromatic rings. The lowest BCUT2D eigenvalue weighted by molar-refractivity contribution is -0.124. The summed E-state index contributed by atoms with van der Waals surface area (Å²) in [6, 6.07) is 5.07. The number of nitrogens with zero attached hydrogens (tertiary/aromatic N) is 1. The number of aromatic amines is 1. The predicted molar refractivity (Wildman–Crippen MR) is 69.0 cm³/mol. The monoisotopic (exact) mass is 262 g/mol. The molecule has 19 heavy (non-hydrogen) atoms. The lowest BCUT2D eigenvalue weighted by Crippen LogP contribution is -2.36. The van der Waals surface area contributed by atoms with Crippen LogP contribution in [0.5, 0.6) is 0 Å². The molecule has 0 unspecified atom stereocenters. The Morgan fingerprint density at radius 3 is 2.89 bits per heavy atom. The van der Waals surface area contributed by atoms with Gasteiger partial charge in [-0.1, -0.05) is 0 Å². The minimum absolute atomic E-state index is 0.104. The molecular formula is C13H14N2O4. The Bertz CT molecular complexity index is 696. The van der Waals surface area contributed by atoms with Gasteiger partial charge in [0.05, 0.1) is 17.5 Å². The van der Waals surface area contributed by atoms with Gasteiger partial charge >= 0.3 is 5.76 Å². The second-order valence-electron chi connectivity index (χ2n) is 5.00. The Balaban J connectivity index is 1.95. The molecule has 0 radical (unpaired) electrons. The zero-order chi connectivity index (χ0) is 13.6. The van der Waals surface area contributed by atoms with Crippen molar-refractivity contribution in [1.82, 2.24) is 4.98 Å². The number of aromatic nitrogens is 1. The Morgan fingerprint density at radius 2 is 2.26 bits per heavy atom. The van der Waals surface area contributed by atoms with E-state index in [0.29, 0.717) is 29.6 Å². The van der Waals surface area contributed by atoms with Gasteiger partial charge in [-0.25, -0.2) is 4.79 Å². The van der Waals surface area contributed by atoms with E-state index in [1.807, 2.05) is 0 Å². The molecule has 1 aromatic carbocycles. The molecule has 1 saturated carbocycles. The molecule has 0 spiro atoms. The summed E-state index contributed by atoms with van der Waals surface area (Å²) in [5.41, 5.74) is 1.04. The minimum Gasteiger partial charge on any atom is -0.408 e. The van der Waals surface area contributed by atoms with Crippen LogP contribution in [0.2, 0.25) is 0 Å². The summed E-state index contributed by atoms with van der Waals surface area (Å²) < 4.78 is 4.97. The molecule has 6 nitrogen and oxygen atoms in total. The zero-order valence-electron chi connectivity index (χ0n) is 10.5. The second kappa shape index (κ2) is 3.96. The number of nitrogens with one attached hydrogen (secondary N) is 1. The van der Waals surface area contributed by atoms with E-state index in [4.69, 9.17) is 4.42 Å². The molecule has 0 atom stereocenters. The number of fused-ring (bicyclic) bond motifs is 1. The van der Waals surface area contributed by atoms with Gasteiger partial charge in [0.2, 0.25) is 5.91 Å². The summed E-state index contributed by atoms with van der Waals surface area (Å²) in [4.78, 5) is 27.4. The minimum atomic E-state index is -0.608. The van der Waals surface area contributed by atoms with Crippen LogP contribution in [0.4, 0.5) is 5.69 Å². The van der Waals surface area contributed by atoms with Crippen molar-refractivity contribution in [3.63, 3.8) is 0 Å².